The van der Waals surface area contributed by atoms with E-state index in [1.165, 1.54) is 58.2 Å². The topological polar surface area (TPSA) is 3.24 Å². The minimum absolute atomic E-state index is 1.03. The maximum atomic E-state index is 2.60. The summed E-state index contributed by atoms with van der Waals surface area (Å²) in [5.41, 5.74) is 0. The second-order valence-electron chi connectivity index (χ2n) is 5.11. The van der Waals surface area contributed by atoms with Gasteiger partial charge in [0.2, 0.25) is 0 Å². The number of hydrogen-bond acceptors (Lipinski definition) is 1. The molecule has 0 bridgehead atoms. The lowest BCUT2D eigenvalue weighted by Gasteiger charge is -2.35. The van der Waals surface area contributed by atoms with Crippen molar-refractivity contribution in [2.45, 2.75) is 87.0 Å². The van der Waals surface area contributed by atoms with Gasteiger partial charge in [0.15, 0.2) is 0 Å². The quantitative estimate of drug-likeness (QED) is 0.574. The van der Waals surface area contributed by atoms with Crippen LogP contribution in [0.25, 0.3) is 0 Å². The van der Waals surface area contributed by atoms with Gasteiger partial charge in [-0.25, -0.2) is 0 Å². The van der Waals surface area contributed by atoms with E-state index in [-0.39, 0.29) is 0 Å². The van der Waals surface area contributed by atoms with Crippen LogP contribution in [-0.2, 0) is 0 Å². The van der Waals surface area contributed by atoms with Crippen molar-refractivity contribution in [1.29, 1.82) is 0 Å². The number of hydrogen-bond donors (Lipinski definition) is 0. The first-order chi connectivity index (χ1) is 9.31. The van der Waals surface area contributed by atoms with Crippen LogP contribution in [0.2, 0.25) is 0 Å². The summed E-state index contributed by atoms with van der Waals surface area (Å²) in [7, 11) is 0. The van der Waals surface area contributed by atoms with Crippen LogP contribution >= 0.6 is 0 Å². The minimum Gasteiger partial charge on any atom is -0.304 e. The summed E-state index contributed by atoms with van der Waals surface area (Å²) in [5, 5.41) is 0. The zero-order valence-corrected chi connectivity index (χ0v) is 15.0. The summed E-state index contributed by atoms with van der Waals surface area (Å²) in [6, 6.07) is 0. The van der Waals surface area contributed by atoms with Crippen LogP contribution in [0.5, 0.6) is 0 Å². The van der Waals surface area contributed by atoms with E-state index in [4.69, 9.17) is 0 Å². The maximum absolute atomic E-state index is 2.60. The molecule has 1 rings (SSSR count). The van der Waals surface area contributed by atoms with Gasteiger partial charge >= 0.3 is 0 Å². The fourth-order valence-electron chi connectivity index (χ4n) is 3.10. The van der Waals surface area contributed by atoms with Crippen LogP contribution in [0, 0.1) is 11.8 Å². The molecule has 0 spiro atoms. The van der Waals surface area contributed by atoms with Crippen LogP contribution < -0.4 is 0 Å². The maximum Gasteiger partial charge on any atom is -0.00161 e. The van der Waals surface area contributed by atoms with E-state index in [2.05, 4.69) is 25.7 Å². The van der Waals surface area contributed by atoms with E-state index < -0.39 is 0 Å². The van der Waals surface area contributed by atoms with Crippen LogP contribution in [0.4, 0.5) is 0 Å². The average Bonchev–Trinajstić information content (AvgIpc) is 2.51. The molecule has 19 heavy (non-hydrogen) atoms. The lowest BCUT2D eigenvalue weighted by Crippen LogP contribution is -2.35. The molecule has 0 N–H and O–H groups in total. The molecule has 1 heteroatoms. The van der Waals surface area contributed by atoms with Gasteiger partial charge in [-0.3, -0.25) is 0 Å². The van der Waals surface area contributed by atoms with Crippen molar-refractivity contribution in [2.75, 3.05) is 19.6 Å². The van der Waals surface area contributed by atoms with Crippen molar-refractivity contribution in [3.05, 3.63) is 0 Å². The van der Waals surface area contributed by atoms with Crippen LogP contribution in [0.1, 0.15) is 87.0 Å². The molecule has 118 valence electrons. The summed E-state index contributed by atoms with van der Waals surface area (Å²) in [5.74, 6) is 2.06. The summed E-state index contributed by atoms with van der Waals surface area (Å²) in [6.45, 7) is 18.9. The first-order valence-corrected chi connectivity index (χ1v) is 9.04. The molecule has 1 aliphatic rings. The summed E-state index contributed by atoms with van der Waals surface area (Å²) in [6.07, 6.45) is 8.59. The predicted molar refractivity (Wildman–Crippen MR) is 90.8 cm³/mol. The zero-order valence-electron chi connectivity index (χ0n) is 15.0. The number of piperidine rings is 1. The molecule has 0 unspecified atom stereocenters. The average molecular weight is 272 g/mol. The molecule has 1 saturated heterocycles. The first-order valence-electron chi connectivity index (χ1n) is 9.04. The second kappa shape index (κ2) is 16.0. The van der Waals surface area contributed by atoms with Crippen LogP contribution in [0.3, 0.4) is 0 Å². The fraction of sp³-hybridized carbons (Fsp3) is 1.00. The number of rotatable bonds is 6. The van der Waals surface area contributed by atoms with E-state index in [9.17, 15) is 0 Å². The van der Waals surface area contributed by atoms with Crippen molar-refractivity contribution in [3.63, 3.8) is 0 Å². The molecule has 0 aromatic rings. The van der Waals surface area contributed by atoms with E-state index in [1.54, 1.807) is 0 Å². The zero-order chi connectivity index (χ0) is 15.1. The number of nitrogens with zero attached hydrogens (tertiary/aromatic N) is 1. The van der Waals surface area contributed by atoms with Crippen LogP contribution in [0.15, 0.2) is 0 Å². The molecule has 1 aliphatic heterocycles. The van der Waals surface area contributed by atoms with E-state index in [0.29, 0.717) is 0 Å². The van der Waals surface area contributed by atoms with Crippen molar-refractivity contribution < 1.29 is 0 Å². The van der Waals surface area contributed by atoms with Gasteiger partial charge in [-0.15, -0.1) is 0 Å². The van der Waals surface area contributed by atoms with E-state index in [0.717, 1.165) is 11.8 Å². The third-order valence-electron chi connectivity index (χ3n) is 4.07. The Morgan fingerprint density at radius 3 is 1.58 bits per heavy atom. The highest BCUT2D eigenvalue weighted by Crippen LogP contribution is 2.31. The Bertz CT molecular complexity index is 142. The van der Waals surface area contributed by atoms with Gasteiger partial charge in [-0.2, -0.15) is 0 Å². The van der Waals surface area contributed by atoms with Gasteiger partial charge in [0.25, 0.3) is 0 Å². The molecule has 0 radical (unpaired) electrons. The Morgan fingerprint density at radius 1 is 0.842 bits per heavy atom. The molecule has 1 fully saturated rings. The predicted octanol–water partition coefficient (Wildman–Crippen LogP) is 5.99. The molecule has 0 atom stereocenters. The molecule has 1 heterocycles. The van der Waals surface area contributed by atoms with Gasteiger partial charge in [-0.05, 0) is 44.3 Å². The van der Waals surface area contributed by atoms with Gasteiger partial charge in [0, 0.05) is 0 Å². The Morgan fingerprint density at radius 2 is 1.26 bits per heavy atom. The molecule has 1 nitrogen and oxygen atoms in total. The Labute approximate surface area is 124 Å². The summed E-state index contributed by atoms with van der Waals surface area (Å²) < 4.78 is 0. The van der Waals surface area contributed by atoms with Crippen molar-refractivity contribution >= 4 is 0 Å². The Balaban J connectivity index is 0. The van der Waals surface area contributed by atoms with Crippen molar-refractivity contribution in [1.82, 2.24) is 4.90 Å². The minimum atomic E-state index is 1.03. The van der Waals surface area contributed by atoms with Gasteiger partial charge in [0.05, 0.1) is 0 Å². The van der Waals surface area contributed by atoms with Crippen molar-refractivity contribution in [3.8, 4) is 0 Å². The third-order valence-corrected chi connectivity index (χ3v) is 4.07. The molecule has 0 aromatic carbocycles. The van der Waals surface area contributed by atoms with Gasteiger partial charge < -0.3 is 4.90 Å². The SMILES string of the molecule is CC.CC.CCCC(CCC)C1CCN(CC)CC1. The van der Waals surface area contributed by atoms with Crippen LogP contribution in [-0.4, -0.2) is 24.5 Å². The highest BCUT2D eigenvalue weighted by Gasteiger charge is 2.24. The highest BCUT2D eigenvalue weighted by molar-refractivity contribution is 4.77. The fourth-order valence-corrected chi connectivity index (χ4v) is 3.10. The largest absolute Gasteiger partial charge is 0.304 e. The van der Waals surface area contributed by atoms with E-state index in [1.807, 2.05) is 27.7 Å². The number of likely N-dealkylation sites (tertiary alicyclic amines) is 1. The third kappa shape index (κ3) is 9.49. The van der Waals surface area contributed by atoms with Crippen molar-refractivity contribution in [2.24, 2.45) is 11.8 Å². The lowest BCUT2D eigenvalue weighted by molar-refractivity contribution is 0.142. The molecular formula is C18H41N. The standard InChI is InChI=1S/C14H29N.2C2H6/c1-4-7-13(8-5-2)14-9-11-15(6-3)12-10-14;2*1-2/h13-14H,4-12H2,1-3H3;2*1-2H3. The normalized spacial score (nSPS) is 16.4. The van der Waals surface area contributed by atoms with E-state index >= 15 is 0 Å². The van der Waals surface area contributed by atoms with Gasteiger partial charge in [-0.1, -0.05) is 74.1 Å². The van der Waals surface area contributed by atoms with Gasteiger partial charge in [0.1, 0.15) is 0 Å². The highest BCUT2D eigenvalue weighted by atomic mass is 15.1. The second-order valence-corrected chi connectivity index (χ2v) is 5.11. The Kier molecular flexibility index (Phi) is 17.9. The molecule has 0 aliphatic carbocycles. The monoisotopic (exact) mass is 271 g/mol. The summed E-state index contributed by atoms with van der Waals surface area (Å²) in [4.78, 5) is 2.60. The first kappa shape index (κ1) is 21.3. The summed E-state index contributed by atoms with van der Waals surface area (Å²) >= 11 is 0. The molecular weight excluding hydrogens is 230 g/mol. The molecule has 0 aromatic heterocycles. The Hall–Kier alpha value is -0.0400. The lowest BCUT2D eigenvalue weighted by atomic mass is 9.79. The molecule has 0 saturated carbocycles. The molecule has 0 amide bonds. The smallest absolute Gasteiger partial charge is 0.00161 e.